The van der Waals surface area contributed by atoms with Crippen LogP contribution < -0.4 is 10.6 Å². The van der Waals surface area contributed by atoms with Crippen LogP contribution in [-0.4, -0.2) is 27.5 Å². The van der Waals surface area contributed by atoms with E-state index in [9.17, 15) is 19.7 Å². The van der Waals surface area contributed by atoms with E-state index in [-0.39, 0.29) is 22.9 Å². The molecule has 0 bridgehead atoms. The zero-order valence-corrected chi connectivity index (χ0v) is 19.3. The third-order valence-corrected chi connectivity index (χ3v) is 6.39. The number of hydrogen-bond acceptors (Lipinski definition) is 7. The summed E-state index contributed by atoms with van der Waals surface area (Å²) in [5.41, 5.74) is 2.40. The first kappa shape index (κ1) is 23.1. The van der Waals surface area contributed by atoms with Crippen molar-refractivity contribution in [3.8, 4) is 11.3 Å². The monoisotopic (exact) mass is 490 g/mol. The molecule has 0 aliphatic rings. The summed E-state index contributed by atoms with van der Waals surface area (Å²) in [6.07, 6.45) is 0. The normalized spacial score (nSPS) is 10.5. The van der Waals surface area contributed by atoms with Crippen LogP contribution in [0.15, 0.2) is 89.1 Å². The summed E-state index contributed by atoms with van der Waals surface area (Å²) in [6.45, 7) is 0. The van der Waals surface area contributed by atoms with Gasteiger partial charge in [-0.2, -0.15) is 0 Å². The van der Waals surface area contributed by atoms with E-state index in [1.165, 1.54) is 47.4 Å². The fourth-order valence-electron chi connectivity index (χ4n) is 2.98. The predicted octanol–water partition coefficient (Wildman–Crippen LogP) is 5.70. The lowest BCUT2D eigenvalue weighted by Gasteiger charge is -2.07. The van der Waals surface area contributed by atoms with E-state index >= 15 is 0 Å². The lowest BCUT2D eigenvalue weighted by molar-refractivity contribution is -0.384. The zero-order chi connectivity index (χ0) is 23.9. The van der Waals surface area contributed by atoms with Crippen LogP contribution in [0.4, 0.5) is 16.5 Å². The molecule has 0 radical (unpaired) electrons. The molecule has 10 heteroatoms. The standard InChI is InChI=1S/C24H18N4O4S2/c29-22(27-24-26-21(14-34-24)16-5-2-1-3-6-16)15-33-20-11-9-18(10-12-20)25-23(30)17-7-4-8-19(13-17)28(31)32/h1-14H,15H2,(H,25,30)(H,26,27,29). The average molecular weight is 491 g/mol. The number of nitro benzene ring substituents is 1. The minimum atomic E-state index is -0.546. The van der Waals surface area contributed by atoms with Gasteiger partial charge in [0.1, 0.15) is 0 Å². The van der Waals surface area contributed by atoms with Gasteiger partial charge >= 0.3 is 0 Å². The molecule has 0 spiro atoms. The van der Waals surface area contributed by atoms with Gasteiger partial charge in [-0.1, -0.05) is 36.4 Å². The first-order valence-corrected chi connectivity index (χ1v) is 11.9. The van der Waals surface area contributed by atoms with Crippen molar-refractivity contribution in [1.29, 1.82) is 0 Å². The van der Waals surface area contributed by atoms with Crippen molar-refractivity contribution in [2.75, 3.05) is 16.4 Å². The minimum Gasteiger partial charge on any atom is -0.322 e. The Balaban J connectivity index is 1.28. The Labute approximate surface area is 203 Å². The second-order valence-electron chi connectivity index (χ2n) is 7.03. The summed E-state index contributed by atoms with van der Waals surface area (Å²) < 4.78 is 0. The maximum Gasteiger partial charge on any atom is 0.270 e. The molecule has 1 aromatic heterocycles. The summed E-state index contributed by atoms with van der Waals surface area (Å²) >= 11 is 2.73. The number of nitro groups is 1. The van der Waals surface area contributed by atoms with Crippen molar-refractivity contribution in [3.05, 3.63) is 99.9 Å². The summed E-state index contributed by atoms with van der Waals surface area (Å²) in [5, 5.41) is 18.9. The topological polar surface area (TPSA) is 114 Å². The SMILES string of the molecule is O=C(CSc1ccc(NC(=O)c2cccc([N+](=O)[O-])c2)cc1)Nc1nc(-c2ccccc2)cs1. The van der Waals surface area contributed by atoms with Crippen LogP contribution in [0.5, 0.6) is 0 Å². The quantitative estimate of drug-likeness (QED) is 0.186. The number of thioether (sulfide) groups is 1. The van der Waals surface area contributed by atoms with E-state index < -0.39 is 10.8 Å². The fraction of sp³-hybridized carbons (Fsp3) is 0.0417. The molecule has 0 atom stereocenters. The van der Waals surface area contributed by atoms with Crippen LogP contribution in [0, 0.1) is 10.1 Å². The lowest BCUT2D eigenvalue weighted by Crippen LogP contribution is -2.13. The lowest BCUT2D eigenvalue weighted by atomic mass is 10.2. The average Bonchev–Trinajstić information content (AvgIpc) is 3.32. The molecule has 0 fully saturated rings. The molecule has 0 saturated carbocycles. The van der Waals surface area contributed by atoms with Crippen LogP contribution in [0.1, 0.15) is 10.4 Å². The van der Waals surface area contributed by atoms with Crippen LogP contribution in [0.3, 0.4) is 0 Å². The fourth-order valence-corrected chi connectivity index (χ4v) is 4.41. The Hall–Kier alpha value is -4.02. The zero-order valence-electron chi connectivity index (χ0n) is 17.6. The van der Waals surface area contributed by atoms with Crippen LogP contribution in [0.2, 0.25) is 0 Å². The summed E-state index contributed by atoms with van der Waals surface area (Å²) in [5.74, 6) is -0.400. The summed E-state index contributed by atoms with van der Waals surface area (Å²) in [4.78, 5) is 40.3. The van der Waals surface area contributed by atoms with Gasteiger partial charge in [-0.3, -0.25) is 19.7 Å². The summed E-state index contributed by atoms with van der Waals surface area (Å²) in [7, 11) is 0. The van der Waals surface area contributed by atoms with Crippen LogP contribution in [-0.2, 0) is 4.79 Å². The maximum absolute atomic E-state index is 12.4. The molecular weight excluding hydrogens is 472 g/mol. The van der Waals surface area contributed by atoms with Gasteiger partial charge in [0.2, 0.25) is 5.91 Å². The summed E-state index contributed by atoms with van der Waals surface area (Å²) in [6, 6.07) is 22.3. The van der Waals surface area contributed by atoms with Crippen molar-refractivity contribution < 1.29 is 14.5 Å². The molecule has 0 unspecified atom stereocenters. The van der Waals surface area contributed by atoms with E-state index in [1.807, 2.05) is 35.7 Å². The van der Waals surface area contributed by atoms with Gasteiger partial charge in [-0.05, 0) is 30.3 Å². The number of anilines is 2. The van der Waals surface area contributed by atoms with Gasteiger partial charge in [-0.25, -0.2) is 4.98 Å². The first-order valence-electron chi connectivity index (χ1n) is 10.1. The molecule has 2 amide bonds. The van der Waals surface area contributed by atoms with Crippen LogP contribution in [0.25, 0.3) is 11.3 Å². The molecule has 34 heavy (non-hydrogen) atoms. The Morgan fingerprint density at radius 1 is 0.971 bits per heavy atom. The number of carbonyl (C=O) groups excluding carboxylic acids is 2. The largest absolute Gasteiger partial charge is 0.322 e. The molecule has 0 aliphatic heterocycles. The number of amides is 2. The highest BCUT2D eigenvalue weighted by Gasteiger charge is 2.12. The molecule has 1 heterocycles. The molecule has 4 rings (SSSR count). The smallest absolute Gasteiger partial charge is 0.270 e. The number of nitrogens with zero attached hydrogens (tertiary/aromatic N) is 2. The van der Waals surface area contributed by atoms with Crippen molar-refractivity contribution in [2.45, 2.75) is 4.90 Å². The number of benzene rings is 3. The van der Waals surface area contributed by atoms with Gasteiger partial charge < -0.3 is 10.6 Å². The van der Waals surface area contributed by atoms with Gasteiger partial charge in [0, 0.05) is 39.2 Å². The molecule has 8 nitrogen and oxygen atoms in total. The second-order valence-corrected chi connectivity index (χ2v) is 8.93. The Morgan fingerprint density at radius 2 is 1.74 bits per heavy atom. The predicted molar refractivity (Wildman–Crippen MR) is 134 cm³/mol. The van der Waals surface area contributed by atoms with E-state index in [1.54, 1.807) is 24.3 Å². The van der Waals surface area contributed by atoms with Gasteiger partial charge in [-0.15, -0.1) is 23.1 Å². The highest BCUT2D eigenvalue weighted by Crippen LogP contribution is 2.26. The first-order chi connectivity index (χ1) is 16.5. The number of aromatic nitrogens is 1. The van der Waals surface area contributed by atoms with Crippen LogP contribution >= 0.6 is 23.1 Å². The molecule has 2 N–H and O–H groups in total. The highest BCUT2D eigenvalue weighted by atomic mass is 32.2. The number of thiazole rings is 1. The number of non-ortho nitro benzene ring substituents is 1. The number of carbonyl (C=O) groups is 2. The van der Waals surface area contributed by atoms with Gasteiger partial charge in [0.05, 0.1) is 16.4 Å². The maximum atomic E-state index is 12.4. The Morgan fingerprint density at radius 3 is 2.47 bits per heavy atom. The second kappa shape index (κ2) is 10.7. The number of hydrogen-bond donors (Lipinski definition) is 2. The molecule has 0 aliphatic carbocycles. The van der Waals surface area contributed by atoms with Crippen molar-refractivity contribution in [3.63, 3.8) is 0 Å². The Kier molecular flexibility index (Phi) is 7.31. The number of rotatable bonds is 8. The molecule has 3 aromatic carbocycles. The number of nitrogens with one attached hydrogen (secondary N) is 2. The molecular formula is C24H18N4O4S2. The Bertz CT molecular complexity index is 1320. The van der Waals surface area contributed by atoms with E-state index in [0.717, 1.165) is 16.2 Å². The third kappa shape index (κ3) is 6.06. The van der Waals surface area contributed by atoms with E-state index in [0.29, 0.717) is 10.8 Å². The molecule has 0 saturated heterocycles. The van der Waals surface area contributed by atoms with Crippen molar-refractivity contribution in [1.82, 2.24) is 4.98 Å². The molecule has 4 aromatic rings. The van der Waals surface area contributed by atoms with Gasteiger partial charge in [0.25, 0.3) is 11.6 Å². The van der Waals surface area contributed by atoms with Gasteiger partial charge in [0.15, 0.2) is 5.13 Å². The van der Waals surface area contributed by atoms with E-state index in [2.05, 4.69) is 15.6 Å². The minimum absolute atomic E-state index is 0.147. The van der Waals surface area contributed by atoms with E-state index in [4.69, 9.17) is 0 Å². The van der Waals surface area contributed by atoms with Crippen molar-refractivity contribution >= 4 is 51.4 Å². The van der Waals surface area contributed by atoms with Crippen molar-refractivity contribution in [2.24, 2.45) is 0 Å². The third-order valence-electron chi connectivity index (χ3n) is 4.62. The molecule has 170 valence electrons. The highest BCUT2D eigenvalue weighted by molar-refractivity contribution is 8.00.